The first-order valence-electron chi connectivity index (χ1n) is 5.11. The first-order chi connectivity index (χ1) is 8.17. The molecule has 0 amide bonds. The van der Waals surface area contributed by atoms with Crippen LogP contribution in [0.2, 0.25) is 4.34 Å². The van der Waals surface area contributed by atoms with Crippen molar-refractivity contribution in [1.82, 2.24) is 15.0 Å². The van der Waals surface area contributed by atoms with Gasteiger partial charge in [-0.2, -0.15) is 4.98 Å². The second kappa shape index (κ2) is 7.06. The van der Waals surface area contributed by atoms with E-state index in [9.17, 15) is 0 Å². The molecule has 100 valence electrons. The van der Waals surface area contributed by atoms with Gasteiger partial charge in [0.05, 0.1) is 17.4 Å². The van der Waals surface area contributed by atoms with Gasteiger partial charge in [0.15, 0.2) is 5.82 Å². The van der Waals surface area contributed by atoms with E-state index in [-0.39, 0.29) is 19.0 Å². The quantitative estimate of drug-likeness (QED) is 0.918. The molecule has 18 heavy (non-hydrogen) atoms. The summed E-state index contributed by atoms with van der Waals surface area (Å²) in [6, 6.07) is 3.92. The molecule has 0 aromatic carbocycles. The number of halogens is 2. The predicted octanol–water partition coefficient (Wildman–Crippen LogP) is 2.30. The van der Waals surface area contributed by atoms with Crippen LogP contribution in [0.3, 0.4) is 0 Å². The first-order valence-corrected chi connectivity index (χ1v) is 6.31. The summed E-state index contributed by atoms with van der Waals surface area (Å²) in [5, 5.41) is 3.84. The molecule has 0 radical (unpaired) electrons. The van der Waals surface area contributed by atoms with Crippen molar-refractivity contribution in [3.63, 3.8) is 0 Å². The summed E-state index contributed by atoms with van der Waals surface area (Å²) in [6.45, 7) is 1.71. The van der Waals surface area contributed by atoms with Crippen molar-refractivity contribution < 1.29 is 4.52 Å². The SMILES string of the molecule is CN(Cc1noc(CN)n1)Cc1ccc(Cl)s1.Cl. The zero-order valence-corrected chi connectivity index (χ0v) is 12.2. The van der Waals surface area contributed by atoms with Gasteiger partial charge in [0.1, 0.15) is 0 Å². The minimum Gasteiger partial charge on any atom is -0.338 e. The fraction of sp³-hybridized carbons (Fsp3) is 0.400. The van der Waals surface area contributed by atoms with Gasteiger partial charge in [0.25, 0.3) is 0 Å². The number of nitrogens with zero attached hydrogens (tertiary/aromatic N) is 3. The van der Waals surface area contributed by atoms with Gasteiger partial charge in [-0.05, 0) is 19.2 Å². The topological polar surface area (TPSA) is 68.2 Å². The Hall–Kier alpha value is -0.660. The largest absolute Gasteiger partial charge is 0.338 e. The molecule has 0 unspecified atom stereocenters. The smallest absolute Gasteiger partial charge is 0.240 e. The molecule has 0 bridgehead atoms. The second-order valence-corrected chi connectivity index (χ2v) is 5.49. The molecule has 0 aliphatic rings. The summed E-state index contributed by atoms with van der Waals surface area (Å²) in [7, 11) is 1.99. The standard InChI is InChI=1S/C10H13ClN4OS.ClH/c1-15(5-7-2-3-8(11)17-7)6-9-13-10(4-12)16-14-9;/h2-3H,4-6,12H2,1H3;1H. The first kappa shape index (κ1) is 15.4. The van der Waals surface area contributed by atoms with Crippen LogP contribution in [0.25, 0.3) is 0 Å². The lowest BCUT2D eigenvalue weighted by atomic mass is 10.4. The summed E-state index contributed by atoms with van der Waals surface area (Å²) in [5.74, 6) is 1.11. The molecule has 2 aromatic heterocycles. The van der Waals surface area contributed by atoms with Crippen molar-refractivity contribution >= 4 is 35.3 Å². The Balaban J connectivity index is 0.00000162. The highest BCUT2D eigenvalue weighted by atomic mass is 35.5. The van der Waals surface area contributed by atoms with Crippen LogP contribution in [-0.2, 0) is 19.6 Å². The predicted molar refractivity (Wildman–Crippen MR) is 73.9 cm³/mol. The normalized spacial score (nSPS) is 10.7. The molecule has 2 N–H and O–H groups in total. The molecule has 0 saturated heterocycles. The lowest BCUT2D eigenvalue weighted by Crippen LogP contribution is -2.17. The van der Waals surface area contributed by atoms with Crippen LogP contribution >= 0.6 is 35.3 Å². The maximum Gasteiger partial charge on any atom is 0.240 e. The molecule has 0 atom stereocenters. The highest BCUT2D eigenvalue weighted by Gasteiger charge is 2.09. The highest BCUT2D eigenvalue weighted by Crippen LogP contribution is 2.22. The third-order valence-electron chi connectivity index (χ3n) is 2.15. The van der Waals surface area contributed by atoms with Crippen molar-refractivity contribution in [3.05, 3.63) is 33.1 Å². The van der Waals surface area contributed by atoms with Crippen molar-refractivity contribution in [2.24, 2.45) is 5.73 Å². The third kappa shape index (κ3) is 4.22. The lowest BCUT2D eigenvalue weighted by Gasteiger charge is -2.12. The number of aromatic nitrogens is 2. The number of hydrogen-bond acceptors (Lipinski definition) is 6. The maximum absolute atomic E-state index is 5.87. The third-order valence-corrected chi connectivity index (χ3v) is 3.37. The molecule has 2 aromatic rings. The fourth-order valence-electron chi connectivity index (χ4n) is 1.44. The Bertz CT molecular complexity index is 488. The van der Waals surface area contributed by atoms with E-state index in [0.29, 0.717) is 18.3 Å². The van der Waals surface area contributed by atoms with Crippen molar-refractivity contribution in [1.29, 1.82) is 0 Å². The van der Waals surface area contributed by atoms with Crippen molar-refractivity contribution in [2.75, 3.05) is 7.05 Å². The van der Waals surface area contributed by atoms with E-state index in [0.717, 1.165) is 10.9 Å². The Kier molecular flexibility index (Phi) is 6.04. The number of hydrogen-bond donors (Lipinski definition) is 1. The Morgan fingerprint density at radius 3 is 2.78 bits per heavy atom. The molecule has 0 aliphatic carbocycles. The molecule has 0 fully saturated rings. The summed E-state index contributed by atoms with van der Waals surface area (Å²) in [4.78, 5) is 7.45. The van der Waals surface area contributed by atoms with Crippen LogP contribution in [0.4, 0.5) is 0 Å². The van der Waals surface area contributed by atoms with E-state index < -0.39 is 0 Å². The van der Waals surface area contributed by atoms with E-state index in [2.05, 4.69) is 15.0 Å². The number of rotatable bonds is 5. The van der Waals surface area contributed by atoms with Gasteiger partial charge in [-0.15, -0.1) is 23.7 Å². The Labute approximate surface area is 120 Å². The van der Waals surface area contributed by atoms with E-state index in [1.807, 2.05) is 19.2 Å². The monoisotopic (exact) mass is 308 g/mol. The fourth-order valence-corrected chi connectivity index (χ4v) is 2.61. The zero-order valence-electron chi connectivity index (χ0n) is 9.80. The van der Waals surface area contributed by atoms with Crippen LogP contribution in [-0.4, -0.2) is 22.1 Å². The van der Waals surface area contributed by atoms with Gasteiger partial charge in [0.2, 0.25) is 5.89 Å². The summed E-state index contributed by atoms with van der Waals surface area (Å²) in [6.07, 6.45) is 0. The number of thiophene rings is 1. The van der Waals surface area contributed by atoms with Crippen LogP contribution in [0.1, 0.15) is 16.6 Å². The average Bonchev–Trinajstić information content (AvgIpc) is 2.88. The van der Waals surface area contributed by atoms with Gasteiger partial charge < -0.3 is 10.3 Å². The van der Waals surface area contributed by atoms with Crippen molar-refractivity contribution in [2.45, 2.75) is 19.6 Å². The van der Waals surface area contributed by atoms with Gasteiger partial charge in [-0.1, -0.05) is 16.8 Å². The minimum atomic E-state index is 0. The Morgan fingerprint density at radius 1 is 1.44 bits per heavy atom. The van der Waals surface area contributed by atoms with Gasteiger partial charge in [-0.3, -0.25) is 4.90 Å². The average molecular weight is 309 g/mol. The van der Waals surface area contributed by atoms with Gasteiger partial charge >= 0.3 is 0 Å². The van der Waals surface area contributed by atoms with E-state index in [1.165, 1.54) is 4.88 Å². The van der Waals surface area contributed by atoms with E-state index in [1.54, 1.807) is 11.3 Å². The Morgan fingerprint density at radius 2 is 2.22 bits per heavy atom. The molecule has 2 rings (SSSR count). The molecule has 0 spiro atoms. The van der Waals surface area contributed by atoms with Gasteiger partial charge in [-0.25, -0.2) is 0 Å². The van der Waals surface area contributed by atoms with E-state index >= 15 is 0 Å². The second-order valence-electron chi connectivity index (χ2n) is 3.69. The van der Waals surface area contributed by atoms with Crippen LogP contribution in [0, 0.1) is 0 Å². The minimum absolute atomic E-state index is 0. The summed E-state index contributed by atoms with van der Waals surface area (Å²) in [5.41, 5.74) is 5.40. The molecule has 5 nitrogen and oxygen atoms in total. The molecular weight excluding hydrogens is 295 g/mol. The van der Waals surface area contributed by atoms with Crippen LogP contribution < -0.4 is 5.73 Å². The molecule has 2 heterocycles. The highest BCUT2D eigenvalue weighted by molar-refractivity contribution is 7.16. The summed E-state index contributed by atoms with van der Waals surface area (Å²) >= 11 is 7.45. The van der Waals surface area contributed by atoms with Crippen LogP contribution in [0.5, 0.6) is 0 Å². The molecular formula is C10H14Cl2N4OS. The molecule has 0 saturated carbocycles. The lowest BCUT2D eigenvalue weighted by molar-refractivity contribution is 0.302. The molecule has 0 aliphatic heterocycles. The van der Waals surface area contributed by atoms with Gasteiger partial charge in [0, 0.05) is 11.4 Å². The summed E-state index contributed by atoms with van der Waals surface area (Å²) < 4.78 is 5.74. The molecule has 8 heteroatoms. The van der Waals surface area contributed by atoms with E-state index in [4.69, 9.17) is 21.9 Å². The maximum atomic E-state index is 5.87. The van der Waals surface area contributed by atoms with Crippen LogP contribution in [0.15, 0.2) is 16.7 Å². The van der Waals surface area contributed by atoms with Crippen molar-refractivity contribution in [3.8, 4) is 0 Å². The number of nitrogens with two attached hydrogens (primary N) is 1. The zero-order chi connectivity index (χ0) is 12.3.